The van der Waals surface area contributed by atoms with E-state index in [0.717, 1.165) is 29.1 Å². The fourth-order valence-corrected chi connectivity index (χ4v) is 6.01. The number of ether oxygens (including phenoxy) is 1. The molecule has 7 heteroatoms. The zero-order chi connectivity index (χ0) is 25.2. The Labute approximate surface area is 215 Å². The Bertz CT molecular complexity index is 1370. The van der Waals surface area contributed by atoms with Crippen LogP contribution >= 0.6 is 11.3 Å². The smallest absolute Gasteiger partial charge is 0.255 e. The monoisotopic (exact) mass is 499 g/mol. The third-order valence-electron chi connectivity index (χ3n) is 6.68. The number of hydrogen-bond donors (Lipinski definition) is 2. The Morgan fingerprint density at radius 2 is 1.94 bits per heavy atom. The van der Waals surface area contributed by atoms with E-state index in [0.29, 0.717) is 35.7 Å². The van der Waals surface area contributed by atoms with Gasteiger partial charge in [0.05, 0.1) is 12.5 Å². The van der Waals surface area contributed by atoms with Crippen LogP contribution in [0.15, 0.2) is 82.5 Å². The molecule has 0 bridgehead atoms. The molecule has 0 saturated heterocycles. The van der Waals surface area contributed by atoms with Gasteiger partial charge in [0.15, 0.2) is 5.78 Å². The fourth-order valence-electron chi connectivity index (χ4n) is 5.18. The van der Waals surface area contributed by atoms with E-state index in [2.05, 4.69) is 21.7 Å². The molecule has 0 radical (unpaired) electrons. The summed E-state index contributed by atoms with van der Waals surface area (Å²) in [4.78, 5) is 33.2. The number of ketones is 1. The van der Waals surface area contributed by atoms with Crippen LogP contribution in [0.2, 0.25) is 0 Å². The average molecular weight is 500 g/mol. The first-order valence-corrected chi connectivity index (χ1v) is 13.1. The highest BCUT2D eigenvalue weighted by molar-refractivity contribution is 7.10. The highest BCUT2D eigenvalue weighted by Gasteiger charge is 2.42. The Hall–Kier alpha value is -3.71. The standard InChI is InChI=1S/C29H29N3O3S/c1-4-35-23-11-6-5-10-20(23)27-26(29(34)32-25-13-7-9-17(2)30-25)18(3)31-21-15-19(16-22(33)28(21)27)24-12-8-14-36-24/h5-14,19,27,31H,4,15-16H2,1-3H3,(H,30,32,34)/t19-,27-/m1/s1. The number of nitrogens with zero attached hydrogens (tertiary/aromatic N) is 1. The van der Waals surface area contributed by atoms with Crippen molar-refractivity contribution in [3.63, 3.8) is 0 Å². The molecule has 5 rings (SSSR count). The molecule has 0 fully saturated rings. The van der Waals surface area contributed by atoms with E-state index in [1.165, 1.54) is 4.88 Å². The zero-order valence-corrected chi connectivity index (χ0v) is 21.4. The normalized spacial score (nSPS) is 19.6. The van der Waals surface area contributed by atoms with Gasteiger partial charge in [0.25, 0.3) is 5.91 Å². The van der Waals surface area contributed by atoms with Crippen molar-refractivity contribution in [2.75, 3.05) is 11.9 Å². The Morgan fingerprint density at radius 1 is 1.11 bits per heavy atom. The van der Waals surface area contributed by atoms with Gasteiger partial charge in [0.2, 0.25) is 0 Å². The number of benzene rings is 1. The molecule has 0 saturated carbocycles. The summed E-state index contributed by atoms with van der Waals surface area (Å²) >= 11 is 1.68. The quantitative estimate of drug-likeness (QED) is 0.445. The second-order valence-electron chi connectivity index (χ2n) is 9.12. The van der Waals surface area contributed by atoms with Crippen LogP contribution in [0.4, 0.5) is 5.82 Å². The highest BCUT2D eigenvalue weighted by atomic mass is 32.1. The van der Waals surface area contributed by atoms with Crippen molar-refractivity contribution >= 4 is 28.8 Å². The van der Waals surface area contributed by atoms with E-state index in [1.807, 2.05) is 68.6 Å². The maximum absolute atomic E-state index is 13.8. The minimum absolute atomic E-state index is 0.0601. The van der Waals surface area contributed by atoms with Gasteiger partial charge < -0.3 is 15.4 Å². The molecule has 1 aliphatic heterocycles. The second kappa shape index (κ2) is 10.1. The molecule has 2 atom stereocenters. The maximum Gasteiger partial charge on any atom is 0.255 e. The largest absolute Gasteiger partial charge is 0.494 e. The number of Topliss-reactive ketones (excluding diaryl/α,β-unsaturated/α-hetero) is 1. The predicted octanol–water partition coefficient (Wildman–Crippen LogP) is 5.85. The summed E-state index contributed by atoms with van der Waals surface area (Å²) < 4.78 is 5.96. The van der Waals surface area contributed by atoms with Crippen LogP contribution in [0.3, 0.4) is 0 Å². The molecule has 2 N–H and O–H groups in total. The van der Waals surface area contributed by atoms with Gasteiger partial charge in [-0.25, -0.2) is 4.98 Å². The number of carbonyl (C=O) groups is 2. The van der Waals surface area contributed by atoms with Crippen LogP contribution in [0.25, 0.3) is 0 Å². The van der Waals surface area contributed by atoms with Crippen molar-refractivity contribution in [1.82, 2.24) is 10.3 Å². The van der Waals surface area contributed by atoms with E-state index in [9.17, 15) is 9.59 Å². The molecule has 3 aromatic rings. The molecule has 2 aromatic heterocycles. The number of para-hydroxylation sites is 1. The molecule has 0 unspecified atom stereocenters. The van der Waals surface area contributed by atoms with Gasteiger partial charge >= 0.3 is 0 Å². The lowest BCUT2D eigenvalue weighted by Gasteiger charge is -2.37. The average Bonchev–Trinajstić information content (AvgIpc) is 3.39. The number of nitrogens with one attached hydrogen (secondary N) is 2. The third-order valence-corrected chi connectivity index (χ3v) is 7.71. The second-order valence-corrected chi connectivity index (χ2v) is 10.1. The number of hydrogen-bond acceptors (Lipinski definition) is 6. The van der Waals surface area contributed by atoms with Crippen molar-refractivity contribution in [3.05, 3.63) is 98.7 Å². The fraction of sp³-hybridized carbons (Fsp3) is 0.276. The molecule has 2 aliphatic rings. The van der Waals surface area contributed by atoms with Crippen LogP contribution < -0.4 is 15.4 Å². The van der Waals surface area contributed by atoms with E-state index in [-0.39, 0.29) is 17.6 Å². The SMILES string of the molecule is CCOc1ccccc1[C@@H]1C(C(=O)Nc2cccc(C)n2)=C(C)NC2=C1C(=O)C[C@H](c1cccs1)C2. The molecule has 1 aliphatic carbocycles. The van der Waals surface area contributed by atoms with Crippen LogP contribution in [-0.4, -0.2) is 23.3 Å². The van der Waals surface area contributed by atoms with Crippen molar-refractivity contribution in [2.24, 2.45) is 0 Å². The first kappa shape index (κ1) is 24.0. The molecule has 36 heavy (non-hydrogen) atoms. The molecule has 3 heterocycles. The molecular weight excluding hydrogens is 470 g/mol. The molecule has 6 nitrogen and oxygen atoms in total. The van der Waals surface area contributed by atoms with E-state index >= 15 is 0 Å². The van der Waals surface area contributed by atoms with Crippen molar-refractivity contribution in [3.8, 4) is 5.75 Å². The van der Waals surface area contributed by atoms with E-state index < -0.39 is 5.92 Å². The number of aryl methyl sites for hydroxylation is 1. The molecule has 0 spiro atoms. The number of allylic oxidation sites excluding steroid dienone is 3. The highest BCUT2D eigenvalue weighted by Crippen LogP contribution is 2.48. The van der Waals surface area contributed by atoms with Crippen LogP contribution in [-0.2, 0) is 9.59 Å². The zero-order valence-electron chi connectivity index (χ0n) is 20.6. The number of carbonyl (C=O) groups excluding carboxylic acids is 2. The topological polar surface area (TPSA) is 80.3 Å². The maximum atomic E-state index is 13.8. The summed E-state index contributed by atoms with van der Waals surface area (Å²) in [5, 5.41) is 8.44. The molecule has 1 amide bonds. The number of aromatic nitrogens is 1. The van der Waals surface area contributed by atoms with E-state index in [4.69, 9.17) is 4.74 Å². The summed E-state index contributed by atoms with van der Waals surface area (Å²) in [7, 11) is 0. The Balaban J connectivity index is 1.60. The number of pyridine rings is 1. The molecule has 1 aromatic carbocycles. The molecular formula is C29H29N3O3S. The van der Waals surface area contributed by atoms with Gasteiger partial charge in [0, 0.05) is 51.0 Å². The number of rotatable bonds is 6. The summed E-state index contributed by atoms with van der Waals surface area (Å²) in [6.45, 7) is 6.20. The number of dihydropyridines is 1. The lowest BCUT2D eigenvalue weighted by atomic mass is 9.72. The van der Waals surface area contributed by atoms with Crippen molar-refractivity contribution in [1.29, 1.82) is 0 Å². The third kappa shape index (κ3) is 4.58. The molecule has 184 valence electrons. The van der Waals surface area contributed by atoms with Gasteiger partial charge in [-0.2, -0.15) is 0 Å². The van der Waals surface area contributed by atoms with Gasteiger partial charge in [-0.3, -0.25) is 9.59 Å². The van der Waals surface area contributed by atoms with Crippen LogP contribution in [0.5, 0.6) is 5.75 Å². The summed E-state index contributed by atoms with van der Waals surface area (Å²) in [5.41, 5.74) is 4.41. The van der Waals surface area contributed by atoms with Crippen LogP contribution in [0, 0.1) is 6.92 Å². The predicted molar refractivity (Wildman–Crippen MR) is 142 cm³/mol. The van der Waals surface area contributed by atoms with Crippen molar-refractivity contribution < 1.29 is 14.3 Å². The van der Waals surface area contributed by atoms with E-state index in [1.54, 1.807) is 17.4 Å². The summed E-state index contributed by atoms with van der Waals surface area (Å²) in [6.07, 6.45) is 1.14. The first-order valence-electron chi connectivity index (χ1n) is 12.2. The van der Waals surface area contributed by atoms with Crippen molar-refractivity contribution in [2.45, 2.75) is 45.4 Å². The van der Waals surface area contributed by atoms with Crippen LogP contribution in [0.1, 0.15) is 54.7 Å². The number of anilines is 1. The number of thiophene rings is 1. The summed E-state index contributed by atoms with van der Waals surface area (Å²) in [5.74, 6) is 0.527. The minimum Gasteiger partial charge on any atom is -0.494 e. The summed E-state index contributed by atoms with van der Waals surface area (Å²) in [6, 6.07) is 17.3. The van der Waals surface area contributed by atoms with Gasteiger partial charge in [0.1, 0.15) is 11.6 Å². The lowest BCUT2D eigenvalue weighted by molar-refractivity contribution is -0.116. The van der Waals surface area contributed by atoms with Gasteiger partial charge in [-0.15, -0.1) is 11.3 Å². The Morgan fingerprint density at radius 3 is 2.69 bits per heavy atom. The Kier molecular flexibility index (Phi) is 6.74. The lowest BCUT2D eigenvalue weighted by Crippen LogP contribution is -2.37. The number of amides is 1. The van der Waals surface area contributed by atoms with Gasteiger partial charge in [-0.05, 0) is 56.8 Å². The minimum atomic E-state index is -0.536. The first-order chi connectivity index (χ1) is 17.5. The van der Waals surface area contributed by atoms with Gasteiger partial charge in [-0.1, -0.05) is 30.3 Å².